The minimum absolute atomic E-state index is 0.798. The molecule has 0 aromatic carbocycles. The van der Waals surface area contributed by atoms with Crippen molar-refractivity contribution >= 4 is 11.3 Å². The molecule has 0 spiro atoms. The number of aromatic nitrogens is 1. The first-order chi connectivity index (χ1) is 7.22. The molecule has 15 heavy (non-hydrogen) atoms. The number of rotatable bonds is 7. The fourth-order valence-corrected chi connectivity index (χ4v) is 2.19. The molecule has 2 nitrogen and oxygen atoms in total. The van der Waals surface area contributed by atoms with Gasteiger partial charge >= 0.3 is 0 Å². The Labute approximate surface area is 97.1 Å². The smallest absolute Gasteiger partial charge is 0.0928 e. The van der Waals surface area contributed by atoms with E-state index in [1.165, 1.54) is 17.8 Å². The molecule has 0 bridgehead atoms. The predicted molar refractivity (Wildman–Crippen MR) is 67.5 cm³/mol. The Hall–Kier alpha value is -0.410. The van der Waals surface area contributed by atoms with Crippen LogP contribution in [0.5, 0.6) is 0 Å². The van der Waals surface area contributed by atoms with Crippen molar-refractivity contribution in [3.05, 3.63) is 16.1 Å². The van der Waals surface area contributed by atoms with E-state index < -0.39 is 0 Å². The van der Waals surface area contributed by atoms with Gasteiger partial charge in [0.25, 0.3) is 0 Å². The van der Waals surface area contributed by atoms with E-state index in [4.69, 9.17) is 0 Å². The first-order valence-corrected chi connectivity index (χ1v) is 6.72. The van der Waals surface area contributed by atoms with E-state index in [0.717, 1.165) is 31.1 Å². The summed E-state index contributed by atoms with van der Waals surface area (Å²) in [6.07, 6.45) is 3.58. The molecule has 1 aromatic heterocycles. The molecule has 0 radical (unpaired) electrons. The molecule has 3 heteroatoms. The normalized spacial score (nSPS) is 13.0. The minimum atomic E-state index is 0.798. The van der Waals surface area contributed by atoms with Gasteiger partial charge in [0.1, 0.15) is 0 Å². The van der Waals surface area contributed by atoms with Crippen LogP contribution < -0.4 is 5.32 Å². The van der Waals surface area contributed by atoms with E-state index in [-0.39, 0.29) is 0 Å². The fraction of sp³-hybridized carbons (Fsp3) is 0.750. The number of hydrogen-bond donors (Lipinski definition) is 1. The van der Waals surface area contributed by atoms with Crippen molar-refractivity contribution in [2.24, 2.45) is 5.92 Å². The van der Waals surface area contributed by atoms with Gasteiger partial charge in [-0.05, 0) is 32.4 Å². The van der Waals surface area contributed by atoms with E-state index in [0.29, 0.717) is 0 Å². The third kappa shape index (κ3) is 5.28. The number of thiazole rings is 1. The standard InChI is InChI=1S/C12H22N2S/c1-4-10(2)8-13-7-5-6-12-14-11(3)9-15-12/h9-10,13H,4-8H2,1-3H3. The number of nitrogens with zero attached hydrogens (tertiary/aromatic N) is 1. The van der Waals surface area contributed by atoms with Crippen LogP contribution in [0.25, 0.3) is 0 Å². The molecular weight excluding hydrogens is 204 g/mol. The molecule has 0 aliphatic rings. The topological polar surface area (TPSA) is 24.9 Å². The molecule has 1 unspecified atom stereocenters. The average molecular weight is 226 g/mol. The van der Waals surface area contributed by atoms with Crippen LogP contribution in [0.2, 0.25) is 0 Å². The van der Waals surface area contributed by atoms with E-state index in [9.17, 15) is 0 Å². The Morgan fingerprint density at radius 2 is 2.33 bits per heavy atom. The van der Waals surface area contributed by atoms with Crippen molar-refractivity contribution in [1.82, 2.24) is 10.3 Å². The van der Waals surface area contributed by atoms with Crippen LogP contribution in [0.1, 0.15) is 37.4 Å². The summed E-state index contributed by atoms with van der Waals surface area (Å²) in [6, 6.07) is 0. The molecule has 0 saturated heterocycles. The summed E-state index contributed by atoms with van der Waals surface area (Å²) >= 11 is 1.78. The lowest BCUT2D eigenvalue weighted by Crippen LogP contribution is -2.22. The van der Waals surface area contributed by atoms with Crippen molar-refractivity contribution in [2.75, 3.05) is 13.1 Å². The second-order valence-electron chi connectivity index (χ2n) is 4.20. The van der Waals surface area contributed by atoms with E-state index in [1.54, 1.807) is 11.3 Å². The Morgan fingerprint density at radius 3 is 2.93 bits per heavy atom. The summed E-state index contributed by atoms with van der Waals surface area (Å²) in [6.45, 7) is 8.85. The number of nitrogens with one attached hydrogen (secondary N) is 1. The van der Waals surface area contributed by atoms with Gasteiger partial charge in [-0.2, -0.15) is 0 Å². The third-order valence-electron chi connectivity index (χ3n) is 2.60. The lowest BCUT2D eigenvalue weighted by atomic mass is 10.1. The van der Waals surface area contributed by atoms with Crippen LogP contribution in [0.3, 0.4) is 0 Å². The lowest BCUT2D eigenvalue weighted by molar-refractivity contribution is 0.495. The van der Waals surface area contributed by atoms with Gasteiger partial charge in [-0.15, -0.1) is 11.3 Å². The molecular formula is C12H22N2S. The van der Waals surface area contributed by atoms with Crippen molar-refractivity contribution in [1.29, 1.82) is 0 Å². The average Bonchev–Trinajstić information content (AvgIpc) is 2.63. The second-order valence-corrected chi connectivity index (χ2v) is 5.15. The van der Waals surface area contributed by atoms with Crippen molar-refractivity contribution in [3.63, 3.8) is 0 Å². The molecule has 0 fully saturated rings. The molecule has 0 saturated carbocycles. The van der Waals surface area contributed by atoms with Crippen molar-refractivity contribution in [3.8, 4) is 0 Å². The van der Waals surface area contributed by atoms with Crippen molar-refractivity contribution in [2.45, 2.75) is 40.0 Å². The van der Waals surface area contributed by atoms with E-state index >= 15 is 0 Å². The van der Waals surface area contributed by atoms with Gasteiger partial charge in [-0.1, -0.05) is 20.3 Å². The highest BCUT2D eigenvalue weighted by Crippen LogP contribution is 2.10. The molecule has 1 heterocycles. The van der Waals surface area contributed by atoms with Gasteiger partial charge in [-0.3, -0.25) is 0 Å². The Bertz CT molecular complexity index is 270. The Kier molecular flexibility index (Phi) is 5.88. The first-order valence-electron chi connectivity index (χ1n) is 5.84. The zero-order valence-electron chi connectivity index (χ0n) is 10.0. The summed E-state index contributed by atoms with van der Waals surface area (Å²) < 4.78 is 0. The monoisotopic (exact) mass is 226 g/mol. The van der Waals surface area contributed by atoms with Gasteiger partial charge in [0, 0.05) is 17.5 Å². The zero-order chi connectivity index (χ0) is 11.1. The predicted octanol–water partition coefficient (Wildman–Crippen LogP) is 3.02. The SMILES string of the molecule is CCC(C)CNCCCc1nc(C)cs1. The number of hydrogen-bond acceptors (Lipinski definition) is 3. The van der Waals surface area contributed by atoms with Gasteiger partial charge in [0.2, 0.25) is 0 Å². The zero-order valence-corrected chi connectivity index (χ0v) is 10.9. The van der Waals surface area contributed by atoms with Gasteiger partial charge in [0.05, 0.1) is 5.01 Å². The molecule has 0 amide bonds. The minimum Gasteiger partial charge on any atom is -0.316 e. The fourth-order valence-electron chi connectivity index (χ4n) is 1.37. The molecule has 0 aliphatic heterocycles. The van der Waals surface area contributed by atoms with Crippen LogP contribution in [-0.4, -0.2) is 18.1 Å². The molecule has 86 valence electrons. The first kappa shape index (κ1) is 12.7. The third-order valence-corrected chi connectivity index (χ3v) is 3.63. The summed E-state index contributed by atoms with van der Waals surface area (Å²) in [5.41, 5.74) is 1.16. The lowest BCUT2D eigenvalue weighted by Gasteiger charge is -2.09. The van der Waals surface area contributed by atoms with Crippen LogP contribution in [0.4, 0.5) is 0 Å². The summed E-state index contributed by atoms with van der Waals surface area (Å²) in [5.74, 6) is 0.798. The van der Waals surface area contributed by atoms with Gasteiger partial charge in [-0.25, -0.2) is 4.98 Å². The van der Waals surface area contributed by atoms with Crippen molar-refractivity contribution < 1.29 is 0 Å². The van der Waals surface area contributed by atoms with Crippen LogP contribution in [0.15, 0.2) is 5.38 Å². The maximum absolute atomic E-state index is 4.45. The number of aryl methyl sites for hydroxylation is 2. The largest absolute Gasteiger partial charge is 0.316 e. The van der Waals surface area contributed by atoms with E-state index in [2.05, 4.69) is 36.5 Å². The molecule has 1 N–H and O–H groups in total. The second kappa shape index (κ2) is 6.96. The molecule has 0 aliphatic carbocycles. The maximum Gasteiger partial charge on any atom is 0.0928 e. The molecule has 1 atom stereocenters. The summed E-state index contributed by atoms with van der Waals surface area (Å²) in [5, 5.41) is 6.89. The highest BCUT2D eigenvalue weighted by atomic mass is 32.1. The van der Waals surface area contributed by atoms with Gasteiger partial charge < -0.3 is 5.32 Å². The Balaban J connectivity index is 2.02. The summed E-state index contributed by atoms with van der Waals surface area (Å²) in [7, 11) is 0. The summed E-state index contributed by atoms with van der Waals surface area (Å²) in [4.78, 5) is 4.45. The van der Waals surface area contributed by atoms with Crippen LogP contribution in [0, 0.1) is 12.8 Å². The van der Waals surface area contributed by atoms with Crippen LogP contribution in [-0.2, 0) is 6.42 Å². The highest BCUT2D eigenvalue weighted by Gasteiger charge is 1.99. The van der Waals surface area contributed by atoms with E-state index in [1.807, 2.05) is 0 Å². The highest BCUT2D eigenvalue weighted by molar-refractivity contribution is 7.09. The van der Waals surface area contributed by atoms with Crippen LogP contribution >= 0.6 is 11.3 Å². The quantitative estimate of drug-likeness (QED) is 0.723. The Morgan fingerprint density at radius 1 is 1.53 bits per heavy atom. The van der Waals surface area contributed by atoms with Gasteiger partial charge in [0.15, 0.2) is 0 Å². The molecule has 1 rings (SSSR count). The molecule has 1 aromatic rings. The maximum atomic E-state index is 4.45.